The van der Waals surface area contributed by atoms with Gasteiger partial charge in [-0.1, -0.05) is 49.6 Å². The molecule has 0 unspecified atom stereocenters. The van der Waals surface area contributed by atoms with E-state index in [4.69, 9.17) is 0 Å². The Hall–Kier alpha value is -3.42. The van der Waals surface area contributed by atoms with Crippen LogP contribution in [0.5, 0.6) is 0 Å². The summed E-state index contributed by atoms with van der Waals surface area (Å²) in [4.78, 5) is 38.4. The second kappa shape index (κ2) is 10.5. The summed E-state index contributed by atoms with van der Waals surface area (Å²) in [6.07, 6.45) is 7.07. The first-order chi connectivity index (χ1) is 16.0. The van der Waals surface area contributed by atoms with Crippen LogP contribution in [0.3, 0.4) is 0 Å². The van der Waals surface area contributed by atoms with Gasteiger partial charge in [-0.2, -0.15) is 0 Å². The van der Waals surface area contributed by atoms with E-state index in [1.54, 1.807) is 36.4 Å². The molecule has 2 amide bonds. The van der Waals surface area contributed by atoms with E-state index in [0.29, 0.717) is 42.7 Å². The summed E-state index contributed by atoms with van der Waals surface area (Å²) >= 11 is 0. The zero-order chi connectivity index (χ0) is 23.2. The topological polar surface area (TPSA) is 105 Å². The Balaban J connectivity index is 1.37. The van der Waals surface area contributed by atoms with Crippen LogP contribution >= 0.6 is 0 Å². The van der Waals surface area contributed by atoms with E-state index < -0.39 is 4.92 Å². The predicted octanol–water partition coefficient (Wildman–Crippen LogP) is 4.43. The van der Waals surface area contributed by atoms with Crippen molar-refractivity contribution in [1.29, 1.82) is 0 Å². The summed E-state index contributed by atoms with van der Waals surface area (Å²) in [6, 6.07) is 13.6. The SMILES string of the molecule is O=C(NC1CCCCC1)NC1CCN(c2ccc(C(=O)c3ccccc3)cc2[N+](=O)[O-])CC1. The third kappa shape index (κ3) is 5.69. The lowest BCUT2D eigenvalue weighted by Gasteiger charge is -2.34. The Kier molecular flexibility index (Phi) is 7.22. The van der Waals surface area contributed by atoms with Gasteiger partial charge in [0.15, 0.2) is 5.78 Å². The molecule has 8 heteroatoms. The molecule has 2 aromatic carbocycles. The van der Waals surface area contributed by atoms with Crippen molar-refractivity contribution in [3.8, 4) is 0 Å². The van der Waals surface area contributed by atoms with Crippen LogP contribution in [0.2, 0.25) is 0 Å². The molecule has 1 heterocycles. The van der Waals surface area contributed by atoms with Gasteiger partial charge in [-0.3, -0.25) is 14.9 Å². The number of carbonyl (C=O) groups excluding carboxylic acids is 2. The summed E-state index contributed by atoms with van der Waals surface area (Å²) in [7, 11) is 0. The lowest BCUT2D eigenvalue weighted by molar-refractivity contribution is -0.384. The molecule has 0 radical (unpaired) electrons. The molecular formula is C25H30N4O4. The van der Waals surface area contributed by atoms with Crippen molar-refractivity contribution in [2.75, 3.05) is 18.0 Å². The minimum atomic E-state index is -0.431. The molecule has 2 aromatic rings. The normalized spacial score (nSPS) is 17.4. The molecular weight excluding hydrogens is 420 g/mol. The number of urea groups is 1. The van der Waals surface area contributed by atoms with E-state index in [2.05, 4.69) is 10.6 Å². The number of nitro groups is 1. The van der Waals surface area contributed by atoms with Crippen molar-refractivity contribution in [3.05, 3.63) is 69.8 Å². The standard InChI is InChI=1S/C25H30N4O4/c30-24(18-7-3-1-4-8-18)19-11-12-22(23(17-19)29(32)33)28-15-13-21(14-16-28)27-25(31)26-20-9-5-2-6-10-20/h1,3-4,7-8,11-12,17,20-21H,2,5-6,9-10,13-16H2,(H2,26,27,31). The average Bonchev–Trinajstić information content (AvgIpc) is 2.85. The minimum Gasteiger partial charge on any atom is -0.366 e. The first-order valence-electron chi connectivity index (χ1n) is 11.7. The van der Waals surface area contributed by atoms with Crippen molar-refractivity contribution in [1.82, 2.24) is 10.6 Å². The molecule has 33 heavy (non-hydrogen) atoms. The van der Waals surface area contributed by atoms with Crippen molar-refractivity contribution in [3.63, 3.8) is 0 Å². The highest BCUT2D eigenvalue weighted by Gasteiger charge is 2.27. The summed E-state index contributed by atoms with van der Waals surface area (Å²) in [6.45, 7) is 1.20. The molecule has 1 aliphatic heterocycles. The van der Waals surface area contributed by atoms with Crippen LogP contribution in [0.1, 0.15) is 60.9 Å². The number of carbonyl (C=O) groups is 2. The number of benzene rings is 2. The van der Waals surface area contributed by atoms with Crippen LogP contribution in [0.4, 0.5) is 16.2 Å². The van der Waals surface area contributed by atoms with Gasteiger partial charge in [-0.05, 0) is 37.8 Å². The molecule has 2 aliphatic rings. The first kappa shape index (κ1) is 22.8. The molecule has 8 nitrogen and oxygen atoms in total. The van der Waals surface area contributed by atoms with Gasteiger partial charge in [0, 0.05) is 42.4 Å². The summed E-state index contributed by atoms with van der Waals surface area (Å²) in [5, 5.41) is 17.9. The van der Waals surface area contributed by atoms with Gasteiger partial charge >= 0.3 is 6.03 Å². The van der Waals surface area contributed by atoms with E-state index in [1.807, 2.05) is 11.0 Å². The number of amides is 2. The monoisotopic (exact) mass is 450 g/mol. The fourth-order valence-electron chi connectivity index (χ4n) is 4.76. The average molecular weight is 451 g/mol. The maximum atomic E-state index is 12.7. The van der Waals surface area contributed by atoms with Gasteiger partial charge in [-0.15, -0.1) is 0 Å². The summed E-state index contributed by atoms with van der Waals surface area (Å²) < 4.78 is 0. The van der Waals surface area contributed by atoms with Gasteiger partial charge in [0.1, 0.15) is 5.69 Å². The predicted molar refractivity (Wildman–Crippen MR) is 127 cm³/mol. The number of anilines is 1. The quantitative estimate of drug-likeness (QED) is 0.385. The molecule has 2 fully saturated rings. The number of nitro benzene ring substituents is 1. The fourth-order valence-corrected chi connectivity index (χ4v) is 4.76. The molecule has 2 N–H and O–H groups in total. The van der Waals surface area contributed by atoms with Crippen LogP contribution in [0.15, 0.2) is 48.5 Å². The molecule has 0 aromatic heterocycles. The highest BCUT2D eigenvalue weighted by Crippen LogP contribution is 2.32. The Labute approximate surface area is 193 Å². The van der Waals surface area contributed by atoms with Gasteiger partial charge < -0.3 is 15.5 Å². The Morgan fingerprint density at radius 1 is 0.848 bits per heavy atom. The van der Waals surface area contributed by atoms with E-state index in [1.165, 1.54) is 12.5 Å². The molecule has 0 spiro atoms. The number of rotatable bonds is 6. The number of hydrogen-bond donors (Lipinski definition) is 2. The maximum absolute atomic E-state index is 12.7. The van der Waals surface area contributed by atoms with Crippen molar-refractivity contribution >= 4 is 23.2 Å². The van der Waals surface area contributed by atoms with Crippen LogP contribution < -0.4 is 15.5 Å². The largest absolute Gasteiger partial charge is 0.366 e. The lowest BCUT2D eigenvalue weighted by Crippen LogP contribution is -2.50. The van der Waals surface area contributed by atoms with Crippen molar-refractivity contribution < 1.29 is 14.5 Å². The maximum Gasteiger partial charge on any atom is 0.315 e. The molecule has 174 valence electrons. The van der Waals surface area contributed by atoms with Crippen molar-refractivity contribution in [2.24, 2.45) is 0 Å². The second-order valence-electron chi connectivity index (χ2n) is 8.87. The fraction of sp³-hybridized carbons (Fsp3) is 0.440. The van der Waals surface area contributed by atoms with Gasteiger partial charge in [-0.25, -0.2) is 4.79 Å². The smallest absolute Gasteiger partial charge is 0.315 e. The summed E-state index contributed by atoms with van der Waals surface area (Å²) in [5.41, 5.74) is 1.23. The Morgan fingerprint density at radius 3 is 2.12 bits per heavy atom. The van der Waals surface area contributed by atoms with Gasteiger partial charge in [0.2, 0.25) is 0 Å². The van der Waals surface area contributed by atoms with E-state index in [0.717, 1.165) is 25.7 Å². The van der Waals surface area contributed by atoms with E-state index >= 15 is 0 Å². The van der Waals surface area contributed by atoms with Crippen LogP contribution in [0.25, 0.3) is 0 Å². The van der Waals surface area contributed by atoms with Crippen LogP contribution in [0, 0.1) is 10.1 Å². The highest BCUT2D eigenvalue weighted by molar-refractivity contribution is 6.09. The zero-order valence-electron chi connectivity index (χ0n) is 18.7. The van der Waals surface area contributed by atoms with Crippen LogP contribution in [-0.2, 0) is 0 Å². The second-order valence-corrected chi connectivity index (χ2v) is 8.87. The van der Waals surface area contributed by atoms with Crippen LogP contribution in [-0.4, -0.2) is 41.9 Å². The molecule has 0 bridgehead atoms. The minimum absolute atomic E-state index is 0.0443. The molecule has 1 saturated carbocycles. The van der Waals surface area contributed by atoms with Gasteiger partial charge in [0.25, 0.3) is 5.69 Å². The number of nitrogens with one attached hydrogen (secondary N) is 2. The molecule has 0 atom stereocenters. The molecule has 4 rings (SSSR count). The third-order valence-corrected chi connectivity index (χ3v) is 6.58. The highest BCUT2D eigenvalue weighted by atomic mass is 16.6. The third-order valence-electron chi connectivity index (χ3n) is 6.58. The summed E-state index contributed by atoms with van der Waals surface area (Å²) in [5.74, 6) is -0.239. The number of piperidine rings is 1. The Morgan fingerprint density at radius 2 is 1.48 bits per heavy atom. The lowest BCUT2D eigenvalue weighted by atomic mass is 9.96. The van der Waals surface area contributed by atoms with Gasteiger partial charge in [0.05, 0.1) is 4.92 Å². The van der Waals surface area contributed by atoms with E-state index in [-0.39, 0.29) is 29.6 Å². The number of ketones is 1. The first-order valence-corrected chi connectivity index (χ1v) is 11.7. The number of nitrogens with zero attached hydrogens (tertiary/aromatic N) is 2. The van der Waals surface area contributed by atoms with Crippen molar-refractivity contribution in [2.45, 2.75) is 57.0 Å². The molecule has 1 saturated heterocycles. The zero-order valence-corrected chi connectivity index (χ0v) is 18.7. The number of hydrogen-bond acceptors (Lipinski definition) is 5. The Bertz CT molecular complexity index is 997. The van der Waals surface area contributed by atoms with E-state index in [9.17, 15) is 19.7 Å². The molecule has 1 aliphatic carbocycles.